The lowest BCUT2D eigenvalue weighted by Gasteiger charge is -2.30. The number of rotatable bonds is 5. The Balaban J connectivity index is 1.56. The quantitative estimate of drug-likeness (QED) is 0.903. The van der Waals surface area contributed by atoms with Crippen molar-refractivity contribution in [3.05, 3.63) is 36.4 Å². The Morgan fingerprint density at radius 3 is 2.90 bits per heavy atom. The van der Waals surface area contributed by atoms with E-state index in [9.17, 15) is 0 Å². The van der Waals surface area contributed by atoms with Gasteiger partial charge in [0.15, 0.2) is 0 Å². The van der Waals surface area contributed by atoms with Crippen molar-refractivity contribution in [2.24, 2.45) is 5.92 Å². The van der Waals surface area contributed by atoms with Gasteiger partial charge in [-0.1, -0.05) is 6.92 Å². The summed E-state index contributed by atoms with van der Waals surface area (Å²) in [5.74, 6) is 1.81. The number of aromatic nitrogens is 1. The van der Waals surface area contributed by atoms with Gasteiger partial charge in [-0.3, -0.25) is 0 Å². The summed E-state index contributed by atoms with van der Waals surface area (Å²) in [6.07, 6.45) is 8.28. The molecule has 3 nitrogen and oxygen atoms in total. The maximum atomic E-state index is 5.26. The van der Waals surface area contributed by atoms with Crippen molar-refractivity contribution in [1.82, 2.24) is 9.88 Å². The Labute approximate surface area is 127 Å². The summed E-state index contributed by atoms with van der Waals surface area (Å²) >= 11 is 0. The maximum Gasteiger partial charge on any atom is 0.120 e. The maximum absolute atomic E-state index is 5.26. The van der Waals surface area contributed by atoms with Crippen LogP contribution in [-0.4, -0.2) is 36.6 Å². The zero-order chi connectivity index (χ0) is 14.7. The molecule has 0 bridgehead atoms. The van der Waals surface area contributed by atoms with Crippen molar-refractivity contribution in [2.45, 2.75) is 26.2 Å². The number of H-pyrrole nitrogens is 1. The number of piperidine rings is 1. The van der Waals surface area contributed by atoms with Gasteiger partial charge < -0.3 is 14.6 Å². The summed E-state index contributed by atoms with van der Waals surface area (Å²) in [7, 11) is 1.70. The third-order valence-corrected chi connectivity index (χ3v) is 4.61. The van der Waals surface area contributed by atoms with Gasteiger partial charge in [-0.25, -0.2) is 0 Å². The van der Waals surface area contributed by atoms with Crippen LogP contribution in [0.5, 0.6) is 5.75 Å². The Kier molecular flexibility index (Phi) is 4.49. The number of ether oxygens (including phenoxy) is 1. The van der Waals surface area contributed by atoms with Crippen molar-refractivity contribution in [3.63, 3.8) is 0 Å². The standard InChI is InChI=1S/C18H25N2O/c1-14-7-10-20(11-8-14)9-3-4-15-13-19-18-12-16(21-2)5-6-17(15)18/h4-6,12-14,19H,3,7-11H2,1-2H3. The highest BCUT2D eigenvalue weighted by molar-refractivity contribution is 5.85. The predicted octanol–water partition coefficient (Wildman–Crippen LogP) is 3.85. The minimum absolute atomic E-state index is 0.901. The zero-order valence-electron chi connectivity index (χ0n) is 13.1. The Hall–Kier alpha value is -1.48. The Bertz CT molecular complexity index is 582. The number of nitrogens with one attached hydrogen (secondary N) is 1. The number of aromatic amines is 1. The topological polar surface area (TPSA) is 28.3 Å². The fourth-order valence-electron chi connectivity index (χ4n) is 3.11. The van der Waals surface area contributed by atoms with Gasteiger partial charge in [-0.15, -0.1) is 0 Å². The number of fused-ring (bicyclic) bond motifs is 1. The van der Waals surface area contributed by atoms with Crippen LogP contribution >= 0.6 is 0 Å². The molecule has 1 saturated heterocycles. The molecule has 1 aromatic heterocycles. The van der Waals surface area contributed by atoms with Gasteiger partial charge in [-0.05, 0) is 68.9 Å². The lowest BCUT2D eigenvalue weighted by molar-refractivity contribution is 0.194. The van der Waals surface area contributed by atoms with E-state index in [0.717, 1.165) is 23.6 Å². The molecule has 1 aliphatic rings. The third-order valence-electron chi connectivity index (χ3n) is 4.61. The summed E-state index contributed by atoms with van der Waals surface area (Å²) in [4.78, 5) is 5.92. The van der Waals surface area contributed by atoms with Gasteiger partial charge in [0.2, 0.25) is 0 Å². The van der Waals surface area contributed by atoms with E-state index in [4.69, 9.17) is 4.74 Å². The molecule has 0 saturated carbocycles. The molecule has 1 N–H and O–H groups in total. The van der Waals surface area contributed by atoms with Crippen molar-refractivity contribution in [3.8, 4) is 5.75 Å². The molecular weight excluding hydrogens is 260 g/mol. The van der Waals surface area contributed by atoms with Gasteiger partial charge >= 0.3 is 0 Å². The fourth-order valence-corrected chi connectivity index (χ4v) is 3.11. The molecule has 0 aliphatic carbocycles. The molecule has 2 heterocycles. The molecule has 0 atom stereocenters. The van der Waals surface area contributed by atoms with Gasteiger partial charge in [0.05, 0.1) is 7.11 Å². The van der Waals surface area contributed by atoms with E-state index in [2.05, 4.69) is 41.6 Å². The SMILES string of the molecule is COc1ccc2c([CH]CCN3CCC(C)CC3)c[nH]c2c1. The van der Waals surface area contributed by atoms with E-state index < -0.39 is 0 Å². The molecule has 1 fully saturated rings. The summed E-state index contributed by atoms with van der Waals surface area (Å²) in [6.45, 7) is 6.07. The molecular formula is C18H25N2O. The Morgan fingerprint density at radius 2 is 2.14 bits per heavy atom. The molecule has 1 aliphatic heterocycles. The van der Waals surface area contributed by atoms with Gasteiger partial charge in [0.1, 0.15) is 5.75 Å². The second-order valence-corrected chi connectivity index (χ2v) is 6.17. The molecule has 113 valence electrons. The molecule has 3 heteroatoms. The molecule has 3 rings (SSSR count). The second-order valence-electron chi connectivity index (χ2n) is 6.17. The average Bonchev–Trinajstić information content (AvgIpc) is 2.91. The first-order valence-corrected chi connectivity index (χ1v) is 7.97. The molecule has 1 aromatic carbocycles. The number of nitrogens with zero attached hydrogens (tertiary/aromatic N) is 1. The van der Waals surface area contributed by atoms with E-state index in [-0.39, 0.29) is 0 Å². The van der Waals surface area contributed by atoms with Crippen molar-refractivity contribution >= 4 is 10.9 Å². The molecule has 21 heavy (non-hydrogen) atoms. The minimum atomic E-state index is 0.901. The van der Waals surface area contributed by atoms with Crippen LogP contribution in [0.15, 0.2) is 24.4 Å². The zero-order valence-corrected chi connectivity index (χ0v) is 13.1. The highest BCUT2D eigenvalue weighted by atomic mass is 16.5. The summed E-state index contributed by atoms with van der Waals surface area (Å²) < 4.78 is 5.26. The molecule has 0 amide bonds. The monoisotopic (exact) mass is 285 g/mol. The van der Waals surface area contributed by atoms with E-state index in [1.54, 1.807) is 7.11 Å². The number of benzene rings is 1. The number of likely N-dealkylation sites (tertiary alicyclic amines) is 1. The van der Waals surface area contributed by atoms with Gasteiger partial charge in [0.25, 0.3) is 0 Å². The van der Waals surface area contributed by atoms with Crippen LogP contribution < -0.4 is 4.74 Å². The molecule has 2 aromatic rings. The minimum Gasteiger partial charge on any atom is -0.497 e. The van der Waals surface area contributed by atoms with Gasteiger partial charge in [0, 0.05) is 23.2 Å². The van der Waals surface area contributed by atoms with Crippen LogP contribution in [0, 0.1) is 12.3 Å². The van der Waals surface area contributed by atoms with Crippen LogP contribution in [0.25, 0.3) is 10.9 Å². The van der Waals surface area contributed by atoms with Crippen LogP contribution in [0.3, 0.4) is 0 Å². The van der Waals surface area contributed by atoms with Crippen LogP contribution in [0.1, 0.15) is 31.7 Å². The second kappa shape index (κ2) is 6.52. The lowest BCUT2D eigenvalue weighted by atomic mass is 9.99. The van der Waals surface area contributed by atoms with Gasteiger partial charge in [-0.2, -0.15) is 0 Å². The van der Waals surface area contributed by atoms with Crippen LogP contribution in [0.4, 0.5) is 0 Å². The van der Waals surface area contributed by atoms with E-state index >= 15 is 0 Å². The Morgan fingerprint density at radius 1 is 1.33 bits per heavy atom. The predicted molar refractivity (Wildman–Crippen MR) is 87.7 cm³/mol. The van der Waals surface area contributed by atoms with Crippen molar-refractivity contribution < 1.29 is 4.74 Å². The highest BCUT2D eigenvalue weighted by Crippen LogP contribution is 2.25. The van der Waals surface area contributed by atoms with E-state index in [1.807, 2.05) is 6.07 Å². The molecule has 0 unspecified atom stereocenters. The summed E-state index contributed by atoms with van der Waals surface area (Å²) in [5.41, 5.74) is 2.45. The third kappa shape index (κ3) is 3.41. The molecule has 1 radical (unpaired) electrons. The van der Waals surface area contributed by atoms with Crippen LogP contribution in [-0.2, 0) is 0 Å². The first-order chi connectivity index (χ1) is 10.3. The fraction of sp³-hybridized carbons (Fsp3) is 0.500. The van der Waals surface area contributed by atoms with Crippen molar-refractivity contribution in [1.29, 1.82) is 0 Å². The lowest BCUT2D eigenvalue weighted by Crippen LogP contribution is -2.33. The summed E-state index contributed by atoms with van der Waals surface area (Å²) in [6, 6.07) is 6.22. The smallest absolute Gasteiger partial charge is 0.120 e. The number of hydrogen-bond donors (Lipinski definition) is 1. The first-order valence-electron chi connectivity index (χ1n) is 7.97. The average molecular weight is 285 g/mol. The largest absolute Gasteiger partial charge is 0.497 e. The molecule has 0 spiro atoms. The first kappa shape index (κ1) is 14.5. The van der Waals surface area contributed by atoms with E-state index in [0.29, 0.717) is 0 Å². The number of methoxy groups -OCH3 is 1. The van der Waals surface area contributed by atoms with Crippen LogP contribution in [0.2, 0.25) is 0 Å². The normalized spacial score (nSPS) is 17.4. The van der Waals surface area contributed by atoms with E-state index in [1.165, 1.54) is 43.4 Å². The number of hydrogen-bond acceptors (Lipinski definition) is 2. The highest BCUT2D eigenvalue weighted by Gasteiger charge is 2.15. The summed E-state index contributed by atoms with van der Waals surface area (Å²) in [5, 5.41) is 1.28. The van der Waals surface area contributed by atoms with Crippen molar-refractivity contribution in [2.75, 3.05) is 26.7 Å².